The maximum Gasteiger partial charge on any atom is 0.121 e. The number of aromatic nitrogens is 2. The van der Waals surface area contributed by atoms with Crippen LogP contribution in [0.25, 0.3) is 22.0 Å². The minimum absolute atomic E-state index is 0.273. The van der Waals surface area contributed by atoms with Gasteiger partial charge in [0.05, 0.1) is 11.9 Å². The third-order valence-corrected chi connectivity index (χ3v) is 5.29. The summed E-state index contributed by atoms with van der Waals surface area (Å²) in [5.74, 6) is 0.273. The van der Waals surface area contributed by atoms with E-state index < -0.39 is 0 Å². The third-order valence-electron chi connectivity index (χ3n) is 5.29. The Hall–Kier alpha value is -4.05. The summed E-state index contributed by atoms with van der Waals surface area (Å²) >= 11 is 0. The number of H-pyrrole nitrogens is 1. The van der Waals surface area contributed by atoms with E-state index in [1.54, 1.807) is 18.5 Å². The molecule has 0 aliphatic rings. The Morgan fingerprint density at radius 3 is 2.57 bits per heavy atom. The highest BCUT2D eigenvalue weighted by molar-refractivity contribution is 5.97. The number of aromatic hydroxyl groups is 1. The molecule has 0 aliphatic heterocycles. The summed E-state index contributed by atoms with van der Waals surface area (Å²) in [5, 5.41) is 15.5. The molecule has 5 rings (SSSR count). The number of fused-ring (bicyclic) bond motifs is 1. The highest BCUT2D eigenvalue weighted by atomic mass is 16.3. The number of phenols is 1. The predicted molar refractivity (Wildman–Crippen MR) is 122 cm³/mol. The second-order valence-corrected chi connectivity index (χ2v) is 7.30. The normalized spacial score (nSPS) is 10.9. The van der Waals surface area contributed by atoms with Crippen molar-refractivity contribution in [3.8, 4) is 16.9 Å². The fourth-order valence-corrected chi connectivity index (χ4v) is 3.88. The molecule has 0 aliphatic carbocycles. The van der Waals surface area contributed by atoms with Gasteiger partial charge in [-0.25, -0.2) is 0 Å². The van der Waals surface area contributed by atoms with Gasteiger partial charge in [-0.15, -0.1) is 0 Å². The molecule has 2 heterocycles. The number of phenolic OH excluding ortho intramolecular Hbond substituents is 1. The van der Waals surface area contributed by atoms with Gasteiger partial charge in [-0.3, -0.25) is 4.98 Å². The SMILES string of the molecule is Oc1cc(Nc2cccnc2)cc(-c2cccc3[nH]ccc23)c1Cc1ccccc1. The Kier molecular flexibility index (Phi) is 4.66. The molecule has 0 spiro atoms. The lowest BCUT2D eigenvalue weighted by molar-refractivity contribution is 0.470. The quantitative estimate of drug-likeness (QED) is 0.331. The molecule has 4 heteroatoms. The summed E-state index contributed by atoms with van der Waals surface area (Å²) in [6.45, 7) is 0. The zero-order chi connectivity index (χ0) is 20.3. The molecule has 5 aromatic rings. The molecular weight excluding hydrogens is 370 g/mol. The van der Waals surface area contributed by atoms with Gasteiger partial charge in [-0.1, -0.05) is 42.5 Å². The Balaban J connectivity index is 1.67. The van der Waals surface area contributed by atoms with Crippen molar-refractivity contribution < 1.29 is 5.11 Å². The smallest absolute Gasteiger partial charge is 0.121 e. The molecule has 0 radical (unpaired) electrons. The predicted octanol–water partition coefficient (Wildman–Crippen LogP) is 6.27. The number of hydrogen-bond acceptors (Lipinski definition) is 3. The van der Waals surface area contributed by atoms with Gasteiger partial charge in [0.2, 0.25) is 0 Å². The first kappa shape index (κ1) is 18.0. The van der Waals surface area contributed by atoms with Gasteiger partial charge in [0.25, 0.3) is 0 Å². The largest absolute Gasteiger partial charge is 0.508 e. The van der Waals surface area contributed by atoms with Crippen molar-refractivity contribution in [2.75, 3.05) is 5.32 Å². The number of benzene rings is 3. The van der Waals surface area contributed by atoms with Gasteiger partial charge in [-0.2, -0.15) is 0 Å². The molecule has 0 saturated heterocycles. The van der Waals surface area contributed by atoms with Gasteiger partial charge >= 0.3 is 0 Å². The molecule has 0 atom stereocenters. The van der Waals surface area contributed by atoms with Crippen LogP contribution >= 0.6 is 0 Å². The van der Waals surface area contributed by atoms with E-state index in [0.717, 1.165) is 44.5 Å². The number of aromatic amines is 1. The van der Waals surface area contributed by atoms with E-state index in [1.165, 1.54) is 0 Å². The number of hydrogen-bond donors (Lipinski definition) is 3. The standard InChI is InChI=1S/C26H21N3O/c30-26-16-20(29-19-8-5-12-27-17-19)15-23(24(26)14-18-6-2-1-3-7-18)21-9-4-10-25-22(21)11-13-28-25/h1-13,15-17,28-30H,14H2. The summed E-state index contributed by atoms with van der Waals surface area (Å²) < 4.78 is 0. The van der Waals surface area contributed by atoms with Crippen molar-refractivity contribution in [2.24, 2.45) is 0 Å². The number of pyridine rings is 1. The van der Waals surface area contributed by atoms with Crippen LogP contribution in [0.1, 0.15) is 11.1 Å². The van der Waals surface area contributed by atoms with Crippen molar-refractivity contribution in [3.63, 3.8) is 0 Å². The lowest BCUT2D eigenvalue weighted by atomic mass is 9.91. The molecule has 0 unspecified atom stereocenters. The molecule has 3 aromatic carbocycles. The highest BCUT2D eigenvalue weighted by Crippen LogP contribution is 2.39. The second-order valence-electron chi connectivity index (χ2n) is 7.30. The van der Waals surface area contributed by atoms with Crippen molar-refractivity contribution in [2.45, 2.75) is 6.42 Å². The first-order valence-electron chi connectivity index (χ1n) is 9.91. The van der Waals surface area contributed by atoms with Crippen LogP contribution in [0.3, 0.4) is 0 Å². The van der Waals surface area contributed by atoms with Crippen LogP contribution in [0, 0.1) is 0 Å². The van der Waals surface area contributed by atoms with E-state index in [2.05, 4.69) is 51.7 Å². The number of rotatable bonds is 5. The van der Waals surface area contributed by atoms with Crippen molar-refractivity contribution in [1.82, 2.24) is 9.97 Å². The molecule has 30 heavy (non-hydrogen) atoms. The van der Waals surface area contributed by atoms with E-state index >= 15 is 0 Å². The minimum Gasteiger partial charge on any atom is -0.508 e. The van der Waals surface area contributed by atoms with Crippen LogP contribution in [-0.4, -0.2) is 15.1 Å². The van der Waals surface area contributed by atoms with Crippen LogP contribution < -0.4 is 5.32 Å². The molecule has 146 valence electrons. The molecule has 0 saturated carbocycles. The molecule has 0 fully saturated rings. The van der Waals surface area contributed by atoms with E-state index in [0.29, 0.717) is 6.42 Å². The maximum atomic E-state index is 11.0. The third kappa shape index (κ3) is 3.51. The average molecular weight is 391 g/mol. The molecular formula is C26H21N3O. The Morgan fingerprint density at radius 2 is 1.73 bits per heavy atom. The maximum absolute atomic E-state index is 11.0. The summed E-state index contributed by atoms with van der Waals surface area (Å²) in [6.07, 6.45) is 6.10. The minimum atomic E-state index is 0.273. The lowest BCUT2D eigenvalue weighted by Crippen LogP contribution is -1.97. The van der Waals surface area contributed by atoms with Gasteiger partial charge in [-0.05, 0) is 47.0 Å². The Labute approximate surface area is 174 Å². The molecule has 0 amide bonds. The molecule has 0 bridgehead atoms. The summed E-state index contributed by atoms with van der Waals surface area (Å²) in [7, 11) is 0. The van der Waals surface area contributed by atoms with Gasteiger partial charge in [0.1, 0.15) is 5.75 Å². The lowest BCUT2D eigenvalue weighted by Gasteiger charge is -2.16. The monoisotopic (exact) mass is 391 g/mol. The van der Waals surface area contributed by atoms with Crippen LogP contribution in [0.2, 0.25) is 0 Å². The van der Waals surface area contributed by atoms with Crippen molar-refractivity contribution >= 4 is 22.3 Å². The molecule has 3 N–H and O–H groups in total. The van der Waals surface area contributed by atoms with E-state index in [1.807, 2.05) is 42.6 Å². The van der Waals surface area contributed by atoms with E-state index in [4.69, 9.17) is 0 Å². The zero-order valence-electron chi connectivity index (χ0n) is 16.3. The summed E-state index contributed by atoms with van der Waals surface area (Å²) in [5.41, 5.74) is 6.93. The summed E-state index contributed by atoms with van der Waals surface area (Å²) in [6, 6.07) is 26.2. The van der Waals surface area contributed by atoms with Crippen LogP contribution in [-0.2, 0) is 6.42 Å². The number of anilines is 2. The second kappa shape index (κ2) is 7.76. The van der Waals surface area contributed by atoms with Crippen LogP contribution in [0.5, 0.6) is 5.75 Å². The average Bonchev–Trinajstić information content (AvgIpc) is 3.26. The molecule has 4 nitrogen and oxygen atoms in total. The van der Waals surface area contributed by atoms with Gasteiger partial charge in [0, 0.05) is 47.0 Å². The van der Waals surface area contributed by atoms with Crippen molar-refractivity contribution in [1.29, 1.82) is 0 Å². The summed E-state index contributed by atoms with van der Waals surface area (Å²) in [4.78, 5) is 7.44. The fourth-order valence-electron chi connectivity index (χ4n) is 3.88. The fraction of sp³-hybridized carbons (Fsp3) is 0.0385. The highest BCUT2D eigenvalue weighted by Gasteiger charge is 2.15. The Morgan fingerprint density at radius 1 is 0.833 bits per heavy atom. The van der Waals surface area contributed by atoms with Gasteiger partial charge < -0.3 is 15.4 Å². The topological polar surface area (TPSA) is 60.9 Å². The zero-order valence-corrected chi connectivity index (χ0v) is 16.3. The van der Waals surface area contributed by atoms with Gasteiger partial charge in [0.15, 0.2) is 0 Å². The molecule has 2 aromatic heterocycles. The first-order chi connectivity index (χ1) is 14.8. The van der Waals surface area contributed by atoms with Crippen LogP contribution in [0.15, 0.2) is 97.5 Å². The first-order valence-corrected chi connectivity index (χ1v) is 9.91. The Bertz CT molecular complexity index is 1290. The number of nitrogens with zero attached hydrogens (tertiary/aromatic N) is 1. The van der Waals surface area contributed by atoms with Crippen LogP contribution in [0.4, 0.5) is 11.4 Å². The number of nitrogens with one attached hydrogen (secondary N) is 2. The van der Waals surface area contributed by atoms with E-state index in [-0.39, 0.29) is 5.75 Å². The van der Waals surface area contributed by atoms with E-state index in [9.17, 15) is 5.11 Å². The van der Waals surface area contributed by atoms with Crippen molar-refractivity contribution in [3.05, 3.63) is 109 Å².